The van der Waals surface area contributed by atoms with Crippen molar-refractivity contribution in [2.45, 2.75) is 18.4 Å². The highest BCUT2D eigenvalue weighted by Crippen LogP contribution is 2.31. The van der Waals surface area contributed by atoms with Crippen LogP contribution in [0.4, 0.5) is 18.9 Å². The molecular weight excluding hydrogens is 271 g/mol. The largest absolute Gasteiger partial charge is 0.456 e. The van der Waals surface area contributed by atoms with Crippen molar-refractivity contribution < 1.29 is 22.7 Å². The fourth-order valence-corrected chi connectivity index (χ4v) is 1.85. The average Bonchev–Trinajstić information content (AvgIpc) is 2.51. The van der Waals surface area contributed by atoms with Crippen LogP contribution in [0.25, 0.3) is 0 Å². The zero-order valence-electron chi connectivity index (χ0n) is 9.05. The monoisotopic (exact) mass is 279 g/mol. The number of hydrogen-bond acceptors (Lipinski definition) is 3. The summed E-state index contributed by atoms with van der Waals surface area (Å²) in [6, 6.07) is 3.66. The quantitative estimate of drug-likeness (QED) is 0.865. The van der Waals surface area contributed by atoms with Crippen LogP contribution >= 0.6 is 11.6 Å². The zero-order valence-corrected chi connectivity index (χ0v) is 9.81. The zero-order chi connectivity index (χ0) is 13.3. The van der Waals surface area contributed by atoms with E-state index in [4.69, 9.17) is 11.6 Å². The lowest BCUT2D eigenvalue weighted by Gasteiger charge is -2.12. The maximum absolute atomic E-state index is 12.9. The Morgan fingerprint density at radius 3 is 2.78 bits per heavy atom. The Hall–Kier alpha value is -1.43. The van der Waals surface area contributed by atoms with Gasteiger partial charge in [0.25, 0.3) is 0 Å². The highest BCUT2D eigenvalue weighted by molar-refractivity contribution is 6.33. The summed E-state index contributed by atoms with van der Waals surface area (Å²) in [5, 5.41) is 2.86. The van der Waals surface area contributed by atoms with E-state index in [0.717, 1.165) is 6.07 Å². The molecule has 98 valence electrons. The summed E-state index contributed by atoms with van der Waals surface area (Å²) in [6.45, 7) is -0.00726. The molecule has 0 bridgehead atoms. The van der Waals surface area contributed by atoms with Crippen molar-refractivity contribution >= 4 is 23.3 Å². The van der Waals surface area contributed by atoms with Gasteiger partial charge < -0.3 is 10.1 Å². The van der Waals surface area contributed by atoms with E-state index in [2.05, 4.69) is 10.1 Å². The van der Waals surface area contributed by atoms with Gasteiger partial charge in [-0.05, 0) is 18.2 Å². The molecule has 0 radical (unpaired) electrons. The predicted octanol–water partition coefficient (Wildman–Crippen LogP) is 2.84. The summed E-state index contributed by atoms with van der Waals surface area (Å²) in [7, 11) is 0. The number of cyclic esters (lactones) is 1. The maximum atomic E-state index is 12.9. The molecule has 18 heavy (non-hydrogen) atoms. The molecular formula is C11H9ClF3NO2. The van der Waals surface area contributed by atoms with E-state index in [1.807, 2.05) is 0 Å². The molecule has 1 fully saturated rings. The minimum Gasteiger partial charge on any atom is -0.456 e. The third-order valence-corrected chi connectivity index (χ3v) is 2.82. The van der Waals surface area contributed by atoms with Crippen molar-refractivity contribution in [3.8, 4) is 0 Å². The first kappa shape index (κ1) is 13.0. The Balaban J connectivity index is 1.95. The first-order valence-electron chi connectivity index (χ1n) is 5.16. The molecule has 1 aliphatic rings. The summed E-state index contributed by atoms with van der Waals surface area (Å²) in [4.78, 5) is 10.8. The van der Waals surface area contributed by atoms with Crippen LogP contribution in [0.5, 0.6) is 0 Å². The summed E-state index contributed by atoms with van der Waals surface area (Å²) >= 11 is 5.74. The van der Waals surface area contributed by atoms with Crippen molar-refractivity contribution in [3.63, 3.8) is 0 Å². The van der Waals surface area contributed by atoms with Crippen LogP contribution in [-0.2, 0) is 9.53 Å². The Bertz CT molecular complexity index is 481. The molecule has 0 spiro atoms. The number of anilines is 1. The van der Waals surface area contributed by atoms with Gasteiger partial charge in [-0.2, -0.15) is 8.78 Å². The second-order valence-corrected chi connectivity index (χ2v) is 4.35. The van der Waals surface area contributed by atoms with Gasteiger partial charge in [0.15, 0.2) is 0 Å². The van der Waals surface area contributed by atoms with Crippen LogP contribution in [0.2, 0.25) is 5.02 Å². The number of alkyl halides is 2. The fourth-order valence-electron chi connectivity index (χ4n) is 1.62. The Morgan fingerprint density at radius 2 is 2.22 bits per heavy atom. The number of hydrogen-bond donors (Lipinski definition) is 1. The molecule has 1 N–H and O–H groups in total. The molecule has 0 saturated carbocycles. The van der Waals surface area contributed by atoms with Crippen LogP contribution in [0.3, 0.4) is 0 Å². The molecule has 1 saturated heterocycles. The number of carbonyl (C=O) groups excluding carboxylic acids is 1. The second-order valence-electron chi connectivity index (χ2n) is 3.94. The van der Waals surface area contributed by atoms with Gasteiger partial charge in [0.05, 0.1) is 23.7 Å². The van der Waals surface area contributed by atoms with E-state index < -0.39 is 30.2 Å². The number of ether oxygens (including phenoxy) is 1. The normalized spacial score (nSPS) is 21.8. The van der Waals surface area contributed by atoms with Crippen LogP contribution < -0.4 is 5.32 Å². The molecule has 0 amide bonds. The lowest BCUT2D eigenvalue weighted by molar-refractivity contribution is -0.158. The van der Waals surface area contributed by atoms with Crippen LogP contribution in [0.1, 0.15) is 6.42 Å². The van der Waals surface area contributed by atoms with Gasteiger partial charge in [-0.15, -0.1) is 0 Å². The van der Waals surface area contributed by atoms with E-state index in [1.165, 1.54) is 12.1 Å². The van der Waals surface area contributed by atoms with Crippen LogP contribution in [0.15, 0.2) is 18.2 Å². The van der Waals surface area contributed by atoms with Crippen LogP contribution in [-0.4, -0.2) is 24.5 Å². The fraction of sp³-hybridized carbons (Fsp3) is 0.364. The number of carbonyl (C=O) groups is 1. The lowest BCUT2D eigenvalue weighted by atomic mass is 10.2. The van der Waals surface area contributed by atoms with Gasteiger partial charge in [0.2, 0.25) is 0 Å². The number of rotatable bonds is 3. The highest BCUT2D eigenvalue weighted by Gasteiger charge is 2.50. The first-order valence-corrected chi connectivity index (χ1v) is 5.54. The lowest BCUT2D eigenvalue weighted by Crippen LogP contribution is -2.22. The molecule has 7 heteroatoms. The van der Waals surface area contributed by atoms with Crippen molar-refractivity contribution in [1.29, 1.82) is 0 Å². The van der Waals surface area contributed by atoms with Crippen molar-refractivity contribution in [3.05, 3.63) is 29.0 Å². The van der Waals surface area contributed by atoms with Gasteiger partial charge in [-0.25, -0.2) is 9.18 Å². The average molecular weight is 280 g/mol. The Kier molecular flexibility index (Phi) is 3.38. The topological polar surface area (TPSA) is 38.3 Å². The Morgan fingerprint density at radius 1 is 1.50 bits per heavy atom. The summed E-state index contributed by atoms with van der Waals surface area (Å²) in [5.74, 6) is -5.44. The van der Waals surface area contributed by atoms with Gasteiger partial charge in [0.1, 0.15) is 11.9 Å². The minimum atomic E-state index is -3.43. The summed E-state index contributed by atoms with van der Waals surface area (Å²) in [6.07, 6.45) is -1.59. The number of esters is 1. The maximum Gasteiger partial charge on any atom is 0.377 e. The molecule has 1 unspecified atom stereocenters. The smallest absolute Gasteiger partial charge is 0.377 e. The third-order valence-electron chi connectivity index (χ3n) is 2.51. The van der Waals surface area contributed by atoms with Crippen molar-refractivity contribution in [1.82, 2.24) is 0 Å². The van der Waals surface area contributed by atoms with Crippen LogP contribution in [0, 0.1) is 5.82 Å². The van der Waals surface area contributed by atoms with E-state index in [-0.39, 0.29) is 11.6 Å². The Labute approximate surface area is 106 Å². The van der Waals surface area contributed by atoms with Gasteiger partial charge >= 0.3 is 11.9 Å². The van der Waals surface area contributed by atoms with E-state index in [0.29, 0.717) is 5.69 Å². The first-order chi connectivity index (χ1) is 8.38. The predicted molar refractivity (Wildman–Crippen MR) is 59.3 cm³/mol. The van der Waals surface area contributed by atoms with Gasteiger partial charge in [-0.1, -0.05) is 11.6 Å². The van der Waals surface area contributed by atoms with E-state index in [1.54, 1.807) is 0 Å². The minimum absolute atomic E-state index is 0.00726. The summed E-state index contributed by atoms with van der Waals surface area (Å²) < 4.78 is 43.0. The molecule has 1 aliphatic heterocycles. The number of benzene rings is 1. The molecule has 0 aliphatic carbocycles. The second kappa shape index (κ2) is 4.68. The highest BCUT2D eigenvalue weighted by atomic mass is 35.5. The van der Waals surface area contributed by atoms with Gasteiger partial charge in [-0.3, -0.25) is 0 Å². The molecule has 3 nitrogen and oxygen atoms in total. The molecule has 1 aromatic rings. The van der Waals surface area contributed by atoms with E-state index >= 15 is 0 Å². The summed E-state index contributed by atoms with van der Waals surface area (Å²) in [5.41, 5.74) is 0.393. The number of nitrogens with one attached hydrogen (secondary N) is 1. The molecule has 2 rings (SSSR count). The molecule has 1 aromatic carbocycles. The third kappa shape index (κ3) is 2.69. The van der Waals surface area contributed by atoms with E-state index in [9.17, 15) is 18.0 Å². The van der Waals surface area contributed by atoms with Gasteiger partial charge in [0, 0.05) is 0 Å². The molecule has 1 atom stereocenters. The standard InChI is InChI=1S/C11H9ClF3NO2/c12-8-3-6(13)1-2-9(8)16-5-7-4-11(14,15)10(17)18-7/h1-3,7,16H,4-5H2. The molecule has 1 heterocycles. The SMILES string of the molecule is O=C1OC(CNc2ccc(F)cc2Cl)CC1(F)F. The number of halogens is 4. The molecule has 0 aromatic heterocycles. The van der Waals surface area contributed by atoms with Crippen molar-refractivity contribution in [2.24, 2.45) is 0 Å². The van der Waals surface area contributed by atoms with Crippen molar-refractivity contribution in [2.75, 3.05) is 11.9 Å².